The zero-order valence-corrected chi connectivity index (χ0v) is 14.3. The molecule has 2 aromatic rings. The van der Waals surface area contributed by atoms with E-state index in [0.29, 0.717) is 6.54 Å². The fourth-order valence-electron chi connectivity index (χ4n) is 2.58. The summed E-state index contributed by atoms with van der Waals surface area (Å²) in [6.45, 7) is 0.718. The molecule has 1 heterocycles. The molecule has 3 rings (SSSR count). The molecule has 22 heavy (non-hydrogen) atoms. The van der Waals surface area contributed by atoms with Crippen LogP contribution in [0.1, 0.15) is 11.1 Å². The van der Waals surface area contributed by atoms with Gasteiger partial charge >= 0.3 is 10.2 Å². The van der Waals surface area contributed by atoms with Gasteiger partial charge in [0.05, 0.1) is 5.69 Å². The maximum Gasteiger partial charge on any atom is 0.301 e. The standard InChI is InChI=1S/C16H17BrN2O2S/c17-15-10-14-8-4-5-9-16(14)19(12-15)22(20,21)18-11-13-6-2-1-3-7-13/h1-9,15,18H,10-12H2. The molecule has 116 valence electrons. The number of nitrogens with one attached hydrogen (secondary N) is 1. The van der Waals surface area contributed by atoms with Crippen LogP contribution in [0.15, 0.2) is 54.6 Å². The Balaban J connectivity index is 1.83. The van der Waals surface area contributed by atoms with E-state index < -0.39 is 10.2 Å². The van der Waals surface area contributed by atoms with Gasteiger partial charge in [-0.25, -0.2) is 0 Å². The lowest BCUT2D eigenvalue weighted by molar-refractivity contribution is 0.573. The first-order valence-electron chi connectivity index (χ1n) is 7.09. The first-order valence-corrected chi connectivity index (χ1v) is 9.45. The van der Waals surface area contributed by atoms with Gasteiger partial charge in [0, 0.05) is 17.9 Å². The predicted molar refractivity (Wildman–Crippen MR) is 92.4 cm³/mol. The lowest BCUT2D eigenvalue weighted by atomic mass is 10.0. The quantitative estimate of drug-likeness (QED) is 0.829. The fourth-order valence-corrected chi connectivity index (χ4v) is 4.73. The first-order chi connectivity index (χ1) is 10.6. The number of fused-ring (bicyclic) bond motifs is 1. The minimum atomic E-state index is -3.57. The number of para-hydroxylation sites is 1. The van der Waals surface area contributed by atoms with E-state index in [1.54, 1.807) is 0 Å². The number of hydrogen-bond donors (Lipinski definition) is 1. The normalized spacial score (nSPS) is 18.0. The van der Waals surface area contributed by atoms with Crippen LogP contribution in [-0.2, 0) is 23.2 Å². The molecule has 6 heteroatoms. The first kappa shape index (κ1) is 15.5. The Hall–Kier alpha value is -1.37. The van der Waals surface area contributed by atoms with Gasteiger partial charge in [0.1, 0.15) is 0 Å². The molecule has 0 aromatic heterocycles. The maximum atomic E-state index is 12.7. The molecule has 4 nitrogen and oxygen atoms in total. The summed E-state index contributed by atoms with van der Waals surface area (Å²) in [5.41, 5.74) is 2.74. The van der Waals surface area contributed by atoms with Gasteiger partial charge in [0.2, 0.25) is 0 Å². The van der Waals surface area contributed by atoms with Gasteiger partial charge in [-0.05, 0) is 23.6 Å². The molecule has 0 fully saturated rings. The summed E-state index contributed by atoms with van der Waals surface area (Å²) in [5, 5.41) is 0. The average Bonchev–Trinajstić information content (AvgIpc) is 2.53. The van der Waals surface area contributed by atoms with Crippen molar-refractivity contribution < 1.29 is 8.42 Å². The maximum absolute atomic E-state index is 12.7. The number of nitrogens with zero attached hydrogens (tertiary/aromatic N) is 1. The van der Waals surface area contributed by atoms with E-state index in [1.807, 2.05) is 54.6 Å². The van der Waals surface area contributed by atoms with Crippen LogP contribution in [0.25, 0.3) is 0 Å². The van der Waals surface area contributed by atoms with E-state index in [9.17, 15) is 8.42 Å². The summed E-state index contributed by atoms with van der Waals surface area (Å²) < 4.78 is 29.5. The van der Waals surface area contributed by atoms with Gasteiger partial charge in [-0.1, -0.05) is 64.5 Å². The third kappa shape index (κ3) is 3.34. The third-order valence-corrected chi connectivity index (χ3v) is 5.71. The van der Waals surface area contributed by atoms with Crippen molar-refractivity contribution in [2.75, 3.05) is 10.8 Å². The summed E-state index contributed by atoms with van der Waals surface area (Å²) in [6, 6.07) is 17.1. The predicted octanol–water partition coefficient (Wildman–Crippen LogP) is 2.85. The highest BCUT2D eigenvalue weighted by molar-refractivity contribution is 9.09. The zero-order valence-electron chi connectivity index (χ0n) is 11.9. The van der Waals surface area contributed by atoms with E-state index >= 15 is 0 Å². The topological polar surface area (TPSA) is 49.4 Å². The molecule has 0 saturated heterocycles. The lowest BCUT2D eigenvalue weighted by Crippen LogP contribution is -2.46. The molecule has 0 amide bonds. The van der Waals surface area contributed by atoms with E-state index in [-0.39, 0.29) is 11.4 Å². The molecule has 1 N–H and O–H groups in total. The molecule has 1 atom stereocenters. The highest BCUT2D eigenvalue weighted by Gasteiger charge is 2.30. The van der Waals surface area contributed by atoms with Gasteiger partial charge in [0.15, 0.2) is 0 Å². The minimum absolute atomic E-state index is 0.121. The Bertz CT molecular complexity index is 750. The van der Waals surface area contributed by atoms with Crippen molar-refractivity contribution in [2.24, 2.45) is 0 Å². The van der Waals surface area contributed by atoms with Gasteiger partial charge < -0.3 is 0 Å². The minimum Gasteiger partial charge on any atom is -0.256 e. The van der Waals surface area contributed by atoms with Crippen LogP contribution in [-0.4, -0.2) is 19.8 Å². The second kappa shape index (κ2) is 6.40. The van der Waals surface area contributed by atoms with Crippen molar-refractivity contribution in [1.82, 2.24) is 4.72 Å². The molecule has 0 aliphatic carbocycles. The Kier molecular flexibility index (Phi) is 4.52. The second-order valence-electron chi connectivity index (χ2n) is 5.27. The van der Waals surface area contributed by atoms with Crippen LogP contribution in [0.4, 0.5) is 5.69 Å². The summed E-state index contributed by atoms with van der Waals surface area (Å²) >= 11 is 3.55. The van der Waals surface area contributed by atoms with Crippen LogP contribution in [0, 0.1) is 0 Å². The summed E-state index contributed by atoms with van der Waals surface area (Å²) in [5.74, 6) is 0. The molecule has 0 saturated carbocycles. The van der Waals surface area contributed by atoms with Crippen LogP contribution in [0.2, 0.25) is 0 Å². The Labute approximate surface area is 139 Å². The summed E-state index contributed by atoms with van der Waals surface area (Å²) in [6.07, 6.45) is 0.834. The van der Waals surface area contributed by atoms with Crippen LogP contribution < -0.4 is 9.03 Å². The number of halogens is 1. The molecule has 0 bridgehead atoms. The van der Waals surface area contributed by atoms with Crippen molar-refractivity contribution in [3.05, 3.63) is 65.7 Å². The van der Waals surface area contributed by atoms with Crippen molar-refractivity contribution in [3.8, 4) is 0 Å². The highest BCUT2D eigenvalue weighted by atomic mass is 79.9. The Morgan fingerprint density at radius 2 is 1.77 bits per heavy atom. The number of benzene rings is 2. The molecular formula is C16H17BrN2O2S. The number of hydrogen-bond acceptors (Lipinski definition) is 2. The van der Waals surface area contributed by atoms with Crippen LogP contribution >= 0.6 is 15.9 Å². The lowest BCUT2D eigenvalue weighted by Gasteiger charge is -2.33. The molecule has 1 aliphatic heterocycles. The number of alkyl halides is 1. The van der Waals surface area contributed by atoms with E-state index in [0.717, 1.165) is 23.2 Å². The van der Waals surface area contributed by atoms with Crippen molar-refractivity contribution in [1.29, 1.82) is 0 Å². The van der Waals surface area contributed by atoms with Crippen molar-refractivity contribution in [2.45, 2.75) is 17.8 Å². The van der Waals surface area contributed by atoms with Crippen molar-refractivity contribution in [3.63, 3.8) is 0 Å². The molecular weight excluding hydrogens is 364 g/mol. The van der Waals surface area contributed by atoms with Crippen LogP contribution in [0.5, 0.6) is 0 Å². The average molecular weight is 381 g/mol. The molecule has 2 aromatic carbocycles. The molecule has 1 unspecified atom stereocenters. The summed E-state index contributed by atoms with van der Waals surface area (Å²) in [7, 11) is -3.57. The Morgan fingerprint density at radius 1 is 1.09 bits per heavy atom. The highest BCUT2D eigenvalue weighted by Crippen LogP contribution is 2.31. The second-order valence-corrected chi connectivity index (χ2v) is 8.25. The zero-order chi connectivity index (χ0) is 15.6. The fraction of sp³-hybridized carbons (Fsp3) is 0.250. The number of anilines is 1. The van der Waals surface area contributed by atoms with Gasteiger partial charge in [-0.3, -0.25) is 4.31 Å². The third-order valence-electron chi connectivity index (χ3n) is 3.66. The van der Waals surface area contributed by atoms with Crippen LogP contribution in [0.3, 0.4) is 0 Å². The largest absolute Gasteiger partial charge is 0.301 e. The van der Waals surface area contributed by atoms with E-state index in [4.69, 9.17) is 0 Å². The number of rotatable bonds is 4. The van der Waals surface area contributed by atoms with Gasteiger partial charge in [-0.2, -0.15) is 13.1 Å². The van der Waals surface area contributed by atoms with E-state index in [1.165, 1.54) is 4.31 Å². The van der Waals surface area contributed by atoms with E-state index in [2.05, 4.69) is 20.7 Å². The van der Waals surface area contributed by atoms with Gasteiger partial charge in [-0.15, -0.1) is 0 Å². The monoisotopic (exact) mass is 380 g/mol. The molecule has 0 radical (unpaired) electrons. The molecule has 0 spiro atoms. The Morgan fingerprint density at radius 3 is 2.55 bits per heavy atom. The van der Waals surface area contributed by atoms with Crippen molar-refractivity contribution >= 4 is 31.8 Å². The summed E-state index contributed by atoms with van der Waals surface area (Å²) in [4.78, 5) is 0.121. The SMILES string of the molecule is O=S(=O)(NCc1ccccc1)N1CC(Br)Cc2ccccc21. The molecule has 1 aliphatic rings. The smallest absolute Gasteiger partial charge is 0.256 e. The van der Waals surface area contributed by atoms with Gasteiger partial charge in [0.25, 0.3) is 0 Å².